The van der Waals surface area contributed by atoms with Crippen LogP contribution in [0, 0.1) is 11.8 Å². The van der Waals surface area contributed by atoms with Gasteiger partial charge in [-0.3, -0.25) is 9.36 Å². The van der Waals surface area contributed by atoms with Crippen molar-refractivity contribution in [2.24, 2.45) is 11.8 Å². The van der Waals surface area contributed by atoms with Crippen LogP contribution in [-0.4, -0.2) is 59.0 Å². The molecule has 192 valence electrons. The minimum atomic E-state index is -3.70. The lowest BCUT2D eigenvalue weighted by molar-refractivity contribution is -0.425. The lowest BCUT2D eigenvalue weighted by Crippen LogP contribution is -2.58. The van der Waals surface area contributed by atoms with Gasteiger partial charge in [0.15, 0.2) is 12.8 Å². The van der Waals surface area contributed by atoms with Crippen LogP contribution < -0.4 is 0 Å². The van der Waals surface area contributed by atoms with E-state index < -0.39 is 32.0 Å². The molecule has 0 aliphatic carbocycles. The third kappa shape index (κ3) is 6.44. The van der Waals surface area contributed by atoms with Gasteiger partial charge in [-0.15, -0.1) is 0 Å². The number of carbonyl (C=O) groups excluding carboxylic acids is 3. The standard InChI is InChI=1S/C27H34N2O6P/c1-5-34-36(33,35-6-2)19-29-23(17-21-13-9-7-10-14-21)25(20(3)4)26(31)28(27(29)32)18-24(30)22-15-11-8-12-16-22/h7-16,20,25H,5-6,17-19H2,1-4H3/q+1. The number of benzene rings is 2. The van der Waals surface area contributed by atoms with Gasteiger partial charge in [0.2, 0.25) is 5.78 Å². The van der Waals surface area contributed by atoms with E-state index >= 15 is 0 Å². The Bertz CT molecular complexity index is 1150. The van der Waals surface area contributed by atoms with Gasteiger partial charge in [0.05, 0.1) is 13.2 Å². The second kappa shape index (κ2) is 12.3. The summed E-state index contributed by atoms with van der Waals surface area (Å²) >= 11 is 0. The molecule has 0 spiro atoms. The molecule has 0 radical (unpaired) electrons. The van der Waals surface area contributed by atoms with Crippen LogP contribution in [0.25, 0.3) is 0 Å². The number of imide groups is 1. The van der Waals surface area contributed by atoms with Gasteiger partial charge in [-0.25, -0.2) is 4.79 Å². The van der Waals surface area contributed by atoms with Crippen LogP contribution in [0.15, 0.2) is 60.7 Å². The van der Waals surface area contributed by atoms with Crippen LogP contribution in [0.1, 0.15) is 43.6 Å². The summed E-state index contributed by atoms with van der Waals surface area (Å²) in [6.07, 6.45) is -0.0396. The Hall–Kier alpha value is -2.93. The zero-order valence-corrected chi connectivity index (χ0v) is 22.1. The molecule has 0 saturated heterocycles. The predicted molar refractivity (Wildman–Crippen MR) is 137 cm³/mol. The second-order valence-corrected chi connectivity index (χ2v) is 10.9. The minimum Gasteiger partial charge on any atom is -0.306 e. The van der Waals surface area contributed by atoms with Crippen molar-refractivity contribution in [3.05, 3.63) is 71.8 Å². The number of amides is 3. The van der Waals surface area contributed by atoms with E-state index in [9.17, 15) is 18.9 Å². The third-order valence-electron chi connectivity index (χ3n) is 5.96. The summed E-state index contributed by atoms with van der Waals surface area (Å²) in [7, 11) is -3.70. The summed E-state index contributed by atoms with van der Waals surface area (Å²) in [5.41, 5.74) is 1.83. The first-order valence-electron chi connectivity index (χ1n) is 12.2. The first-order chi connectivity index (χ1) is 17.2. The number of urea groups is 1. The number of nitrogens with zero attached hydrogens (tertiary/aromatic N) is 2. The zero-order chi connectivity index (χ0) is 26.3. The fourth-order valence-electron chi connectivity index (χ4n) is 4.36. The molecular weight excluding hydrogens is 479 g/mol. The molecular formula is C27H34N2O6P+. The summed E-state index contributed by atoms with van der Waals surface area (Å²) in [5, 5.41) is 0. The second-order valence-electron chi connectivity index (χ2n) is 8.89. The van der Waals surface area contributed by atoms with Crippen molar-refractivity contribution >= 4 is 31.0 Å². The lowest BCUT2D eigenvalue weighted by atomic mass is 9.85. The van der Waals surface area contributed by atoms with Gasteiger partial charge in [0.25, 0.3) is 0 Å². The summed E-state index contributed by atoms with van der Waals surface area (Å²) in [4.78, 5) is 41.4. The van der Waals surface area contributed by atoms with Gasteiger partial charge in [-0.05, 0) is 25.3 Å². The molecule has 9 heteroatoms. The fraction of sp³-hybridized carbons (Fsp3) is 0.407. The molecule has 3 amide bonds. The lowest BCUT2D eigenvalue weighted by Gasteiger charge is -2.31. The number of rotatable bonds is 12. The average Bonchev–Trinajstić information content (AvgIpc) is 2.85. The molecule has 1 atom stereocenters. The third-order valence-corrected chi connectivity index (χ3v) is 7.89. The Balaban J connectivity index is 2.11. The predicted octanol–water partition coefficient (Wildman–Crippen LogP) is 5.02. The maximum Gasteiger partial charge on any atom is 0.501 e. The van der Waals surface area contributed by atoms with Crippen molar-refractivity contribution in [1.29, 1.82) is 0 Å². The van der Waals surface area contributed by atoms with E-state index in [0.717, 1.165) is 10.5 Å². The SMILES string of the molecule is CCOP(=O)(C[N+]1=C(Cc2ccccc2)C(C(C)C)C(=O)N(CC(=O)c2ccccc2)C1=O)OCC. The van der Waals surface area contributed by atoms with E-state index in [2.05, 4.69) is 0 Å². The van der Waals surface area contributed by atoms with Crippen LogP contribution in [0.2, 0.25) is 0 Å². The molecule has 1 heterocycles. The highest BCUT2D eigenvalue weighted by molar-refractivity contribution is 7.53. The van der Waals surface area contributed by atoms with Gasteiger partial charge < -0.3 is 9.05 Å². The van der Waals surface area contributed by atoms with Gasteiger partial charge in [-0.2, -0.15) is 14.3 Å². The summed E-state index contributed by atoms with van der Waals surface area (Å²) < 4.78 is 25.8. The van der Waals surface area contributed by atoms with E-state index in [-0.39, 0.29) is 31.2 Å². The Morgan fingerprint density at radius 1 is 0.972 bits per heavy atom. The van der Waals surface area contributed by atoms with E-state index in [0.29, 0.717) is 17.7 Å². The Morgan fingerprint density at radius 3 is 2.06 bits per heavy atom. The van der Waals surface area contributed by atoms with Crippen LogP contribution in [0.3, 0.4) is 0 Å². The largest absolute Gasteiger partial charge is 0.501 e. The molecule has 0 aromatic heterocycles. The zero-order valence-electron chi connectivity index (χ0n) is 21.3. The van der Waals surface area contributed by atoms with E-state index in [1.807, 2.05) is 44.2 Å². The fourth-order valence-corrected chi connectivity index (χ4v) is 6.04. The highest BCUT2D eigenvalue weighted by Gasteiger charge is 2.51. The highest BCUT2D eigenvalue weighted by atomic mass is 31.2. The molecule has 0 fully saturated rings. The Labute approximate surface area is 212 Å². The van der Waals surface area contributed by atoms with Crippen molar-refractivity contribution in [3.8, 4) is 0 Å². The summed E-state index contributed by atoms with van der Waals surface area (Å²) in [5.74, 6) is -1.67. The summed E-state index contributed by atoms with van der Waals surface area (Å²) in [6.45, 7) is 7.04. The monoisotopic (exact) mass is 513 g/mol. The smallest absolute Gasteiger partial charge is 0.306 e. The van der Waals surface area contributed by atoms with Gasteiger partial charge >= 0.3 is 19.5 Å². The number of ketones is 1. The molecule has 8 nitrogen and oxygen atoms in total. The molecule has 0 N–H and O–H groups in total. The van der Waals surface area contributed by atoms with Crippen molar-refractivity contribution in [2.75, 3.05) is 26.0 Å². The molecule has 1 aliphatic rings. The van der Waals surface area contributed by atoms with Crippen LogP contribution in [0.5, 0.6) is 0 Å². The number of hydrogen-bond donors (Lipinski definition) is 0. The normalized spacial score (nSPS) is 16.7. The molecule has 2 aromatic rings. The van der Waals surface area contributed by atoms with E-state index in [1.165, 1.54) is 4.58 Å². The van der Waals surface area contributed by atoms with Crippen molar-refractivity contribution in [3.63, 3.8) is 0 Å². The van der Waals surface area contributed by atoms with Crippen LogP contribution in [0.4, 0.5) is 4.79 Å². The minimum absolute atomic E-state index is 0.135. The first kappa shape index (κ1) is 27.7. The molecule has 3 rings (SSSR count). The first-order valence-corrected chi connectivity index (χ1v) is 13.9. The van der Waals surface area contributed by atoms with Crippen LogP contribution in [-0.2, 0) is 24.8 Å². The van der Waals surface area contributed by atoms with Gasteiger partial charge in [0, 0.05) is 12.0 Å². The maximum atomic E-state index is 13.8. The number of carbonyl (C=O) groups is 3. The quantitative estimate of drug-likeness (QED) is 0.225. The van der Waals surface area contributed by atoms with Crippen molar-refractivity contribution < 1.29 is 32.6 Å². The van der Waals surface area contributed by atoms with Crippen molar-refractivity contribution in [2.45, 2.75) is 34.1 Å². The Kier molecular flexibility index (Phi) is 9.49. The van der Waals surface area contributed by atoms with Crippen LogP contribution >= 0.6 is 7.60 Å². The summed E-state index contributed by atoms with van der Waals surface area (Å²) in [6, 6.07) is 17.3. The number of Topliss-reactive ketones (excluding diaryl/α,β-unsaturated/α-hetero) is 1. The van der Waals surface area contributed by atoms with Gasteiger partial charge in [0.1, 0.15) is 11.6 Å². The highest BCUT2D eigenvalue weighted by Crippen LogP contribution is 2.48. The van der Waals surface area contributed by atoms with E-state index in [1.54, 1.807) is 44.2 Å². The maximum absolute atomic E-state index is 13.8. The molecule has 1 unspecified atom stereocenters. The molecule has 0 bridgehead atoms. The molecule has 2 aromatic carbocycles. The molecule has 0 saturated carbocycles. The Morgan fingerprint density at radius 2 is 1.53 bits per heavy atom. The molecule has 1 aliphatic heterocycles. The van der Waals surface area contributed by atoms with Crippen molar-refractivity contribution in [1.82, 2.24) is 4.90 Å². The number of hydrogen-bond acceptors (Lipinski definition) is 6. The van der Waals surface area contributed by atoms with Gasteiger partial charge in [-0.1, -0.05) is 74.5 Å². The average molecular weight is 514 g/mol. The topological polar surface area (TPSA) is 93.0 Å². The van der Waals surface area contributed by atoms with E-state index in [4.69, 9.17) is 9.05 Å². The molecule has 36 heavy (non-hydrogen) atoms.